The van der Waals surface area contributed by atoms with Gasteiger partial charge in [-0.15, -0.1) is 0 Å². The second-order valence-corrected chi connectivity index (χ2v) is 8.25. The Balaban J connectivity index is 1.50. The van der Waals surface area contributed by atoms with Crippen LogP contribution in [0.4, 0.5) is 11.4 Å². The molecule has 0 amide bonds. The Morgan fingerprint density at radius 3 is 2.56 bits per heavy atom. The van der Waals surface area contributed by atoms with Crippen molar-refractivity contribution in [2.45, 2.75) is 11.8 Å². The minimum atomic E-state index is -4.00. The number of non-ortho nitro benzene ring substituents is 1. The normalized spacial score (nSPS) is 11.2. The summed E-state index contributed by atoms with van der Waals surface area (Å²) in [4.78, 5) is 22.6. The van der Waals surface area contributed by atoms with Crippen LogP contribution in [0.5, 0.6) is 11.6 Å². The van der Waals surface area contributed by atoms with E-state index in [0.717, 1.165) is 6.07 Å². The van der Waals surface area contributed by atoms with Gasteiger partial charge >= 0.3 is 0 Å². The van der Waals surface area contributed by atoms with Crippen LogP contribution in [-0.4, -0.2) is 32.9 Å². The van der Waals surface area contributed by atoms with Gasteiger partial charge < -0.3 is 4.74 Å². The fourth-order valence-electron chi connectivity index (χ4n) is 2.79. The molecule has 0 bridgehead atoms. The number of nitrogens with one attached hydrogen (secondary N) is 1. The summed E-state index contributed by atoms with van der Waals surface area (Å²) in [7, 11) is -4.00. The van der Waals surface area contributed by atoms with Crippen LogP contribution in [0.1, 0.15) is 5.82 Å². The highest BCUT2D eigenvalue weighted by Gasteiger charge is 2.18. The summed E-state index contributed by atoms with van der Waals surface area (Å²) in [6, 6.07) is 12.6. The molecule has 1 N–H and O–H groups in total. The molecule has 0 aliphatic heterocycles. The molecule has 4 aromatic rings. The average molecular weight is 452 g/mol. The Kier molecular flexibility index (Phi) is 5.52. The molecule has 0 spiro atoms. The molecule has 0 saturated heterocycles. The van der Waals surface area contributed by atoms with Crippen LogP contribution in [0, 0.1) is 17.0 Å². The molecule has 2 aromatic carbocycles. The zero-order valence-electron chi connectivity index (χ0n) is 16.6. The molecule has 4 rings (SSSR count). The Morgan fingerprint density at radius 1 is 1.09 bits per heavy atom. The lowest BCUT2D eigenvalue weighted by atomic mass is 10.3. The molecule has 0 atom stereocenters. The second-order valence-electron chi connectivity index (χ2n) is 6.57. The predicted octanol–water partition coefficient (Wildman–Crippen LogP) is 3.47. The summed E-state index contributed by atoms with van der Waals surface area (Å²) in [5.41, 5.74) is -0.0475. The number of aryl methyl sites for hydroxylation is 1. The van der Waals surface area contributed by atoms with E-state index >= 15 is 0 Å². The molecule has 2 aromatic heterocycles. The number of nitro groups is 1. The number of hydrogen-bond donors (Lipinski definition) is 1. The van der Waals surface area contributed by atoms with E-state index in [1.165, 1.54) is 30.3 Å². The topological polar surface area (TPSA) is 142 Å². The number of hydrogen-bond acceptors (Lipinski definition) is 8. The third-order valence-corrected chi connectivity index (χ3v) is 5.62. The van der Waals surface area contributed by atoms with Crippen molar-refractivity contribution in [3.63, 3.8) is 0 Å². The maximum absolute atomic E-state index is 12.6. The van der Waals surface area contributed by atoms with Gasteiger partial charge in [0.25, 0.3) is 15.7 Å². The van der Waals surface area contributed by atoms with Crippen molar-refractivity contribution in [1.29, 1.82) is 0 Å². The van der Waals surface area contributed by atoms with E-state index in [1.54, 1.807) is 48.4 Å². The summed E-state index contributed by atoms with van der Waals surface area (Å²) in [6.45, 7) is 1.74. The van der Waals surface area contributed by atoms with Crippen LogP contribution in [0.3, 0.4) is 0 Å². The zero-order valence-corrected chi connectivity index (χ0v) is 17.4. The van der Waals surface area contributed by atoms with E-state index in [2.05, 4.69) is 19.7 Å². The number of imidazole rings is 1. The van der Waals surface area contributed by atoms with Gasteiger partial charge in [0, 0.05) is 36.3 Å². The van der Waals surface area contributed by atoms with Gasteiger partial charge in [0.1, 0.15) is 23.7 Å². The third kappa shape index (κ3) is 4.70. The fraction of sp³-hybridized carbons (Fsp3) is 0.0500. The molecule has 0 aliphatic rings. The molecule has 12 heteroatoms. The van der Waals surface area contributed by atoms with Crippen molar-refractivity contribution >= 4 is 21.4 Å². The summed E-state index contributed by atoms with van der Waals surface area (Å²) in [6.07, 6.45) is 4.98. The first-order valence-electron chi connectivity index (χ1n) is 9.19. The average Bonchev–Trinajstić information content (AvgIpc) is 3.30. The van der Waals surface area contributed by atoms with E-state index < -0.39 is 14.9 Å². The SMILES string of the molecule is Cc1nc(Oc2ccc(NS(=O)(=O)c3cccc([N+](=O)[O-])c3)cc2)cc(-n2ccnc2)n1. The molecule has 0 fully saturated rings. The van der Waals surface area contributed by atoms with Gasteiger partial charge in [-0.1, -0.05) is 6.07 Å². The Labute approximate surface area is 182 Å². The van der Waals surface area contributed by atoms with Crippen molar-refractivity contribution in [2.75, 3.05) is 4.72 Å². The van der Waals surface area contributed by atoms with Crippen molar-refractivity contribution in [2.24, 2.45) is 0 Å². The van der Waals surface area contributed by atoms with Crippen LogP contribution >= 0.6 is 0 Å². The van der Waals surface area contributed by atoms with Crippen LogP contribution in [-0.2, 0) is 10.0 Å². The van der Waals surface area contributed by atoms with Crippen molar-refractivity contribution in [3.8, 4) is 17.4 Å². The quantitative estimate of drug-likeness (QED) is 0.332. The number of benzene rings is 2. The van der Waals surface area contributed by atoms with E-state index in [4.69, 9.17) is 4.74 Å². The smallest absolute Gasteiger partial charge is 0.270 e. The number of rotatable bonds is 7. The van der Waals surface area contributed by atoms with Crippen LogP contribution < -0.4 is 9.46 Å². The number of ether oxygens (including phenoxy) is 1. The molecule has 162 valence electrons. The van der Waals surface area contributed by atoms with E-state index in [-0.39, 0.29) is 16.3 Å². The van der Waals surface area contributed by atoms with E-state index in [1.807, 2.05) is 0 Å². The lowest BCUT2D eigenvalue weighted by Gasteiger charge is -2.10. The van der Waals surface area contributed by atoms with Gasteiger partial charge in [-0.3, -0.25) is 19.4 Å². The van der Waals surface area contributed by atoms with Crippen LogP contribution in [0.15, 0.2) is 78.2 Å². The Hall–Kier alpha value is -4.32. The summed E-state index contributed by atoms with van der Waals surface area (Å²) < 4.78 is 35.0. The largest absolute Gasteiger partial charge is 0.439 e. The van der Waals surface area contributed by atoms with E-state index in [9.17, 15) is 18.5 Å². The molecule has 32 heavy (non-hydrogen) atoms. The van der Waals surface area contributed by atoms with Crippen molar-refractivity contribution in [1.82, 2.24) is 19.5 Å². The predicted molar refractivity (Wildman–Crippen MR) is 114 cm³/mol. The van der Waals surface area contributed by atoms with Crippen LogP contribution in [0.25, 0.3) is 5.82 Å². The highest BCUT2D eigenvalue weighted by atomic mass is 32.2. The lowest BCUT2D eigenvalue weighted by Crippen LogP contribution is -2.13. The van der Waals surface area contributed by atoms with Crippen molar-refractivity contribution < 1.29 is 18.1 Å². The molecule has 0 saturated carbocycles. The monoisotopic (exact) mass is 452 g/mol. The minimum Gasteiger partial charge on any atom is -0.439 e. The summed E-state index contributed by atoms with van der Waals surface area (Å²) in [5, 5.41) is 10.9. The van der Waals surface area contributed by atoms with Gasteiger partial charge in [0.05, 0.1) is 9.82 Å². The first-order chi connectivity index (χ1) is 15.3. The number of nitrogens with zero attached hydrogens (tertiary/aromatic N) is 5. The zero-order chi connectivity index (χ0) is 22.7. The van der Waals surface area contributed by atoms with Crippen LogP contribution in [0.2, 0.25) is 0 Å². The highest BCUT2D eigenvalue weighted by Crippen LogP contribution is 2.25. The Morgan fingerprint density at radius 2 is 1.88 bits per heavy atom. The first-order valence-corrected chi connectivity index (χ1v) is 10.7. The molecular weight excluding hydrogens is 436 g/mol. The molecule has 0 aliphatic carbocycles. The maximum atomic E-state index is 12.6. The standard InChI is InChI=1S/C20H16N6O5S/c1-14-22-19(25-10-9-21-13-25)12-20(23-14)31-17-7-5-15(6-8-17)24-32(29,30)18-4-2-3-16(11-18)26(27)28/h2-13,24H,1H3. The maximum Gasteiger partial charge on any atom is 0.270 e. The Bertz CT molecular complexity index is 1370. The van der Waals surface area contributed by atoms with Gasteiger partial charge in [0.2, 0.25) is 5.88 Å². The number of anilines is 1. The minimum absolute atomic E-state index is 0.212. The third-order valence-electron chi connectivity index (χ3n) is 4.24. The van der Waals surface area contributed by atoms with Crippen molar-refractivity contribution in [3.05, 3.63) is 89.3 Å². The van der Waals surface area contributed by atoms with Gasteiger partial charge in [-0.2, -0.15) is 4.98 Å². The van der Waals surface area contributed by atoms with Gasteiger partial charge in [-0.05, 0) is 37.3 Å². The summed E-state index contributed by atoms with van der Waals surface area (Å²) >= 11 is 0. The summed E-state index contributed by atoms with van der Waals surface area (Å²) in [5.74, 6) is 1.84. The molecule has 11 nitrogen and oxygen atoms in total. The number of sulfonamides is 1. The second kappa shape index (κ2) is 8.43. The number of aromatic nitrogens is 4. The lowest BCUT2D eigenvalue weighted by molar-refractivity contribution is -0.385. The number of nitro benzene ring substituents is 1. The molecule has 2 heterocycles. The van der Waals surface area contributed by atoms with Gasteiger partial charge in [-0.25, -0.2) is 18.4 Å². The molecule has 0 unspecified atom stereocenters. The van der Waals surface area contributed by atoms with Gasteiger partial charge in [0.15, 0.2) is 0 Å². The fourth-order valence-corrected chi connectivity index (χ4v) is 3.89. The van der Waals surface area contributed by atoms with E-state index in [0.29, 0.717) is 23.3 Å². The molecule has 0 radical (unpaired) electrons. The highest BCUT2D eigenvalue weighted by molar-refractivity contribution is 7.92. The molecular formula is C20H16N6O5S. The first kappa shape index (κ1) is 20.9.